The van der Waals surface area contributed by atoms with Gasteiger partial charge in [-0.3, -0.25) is 9.69 Å². The number of hydrogen-bond acceptors (Lipinski definition) is 5. The molecule has 2 aliphatic heterocycles. The zero-order chi connectivity index (χ0) is 22.5. The maximum atomic E-state index is 12.8. The number of ether oxygens (including phenoxy) is 3. The van der Waals surface area contributed by atoms with Crippen LogP contribution in [0.15, 0.2) is 42.5 Å². The second-order valence-corrected chi connectivity index (χ2v) is 7.73. The van der Waals surface area contributed by atoms with Gasteiger partial charge >= 0.3 is 6.61 Å². The molecular weight excluding hydrogens is 418 g/mol. The van der Waals surface area contributed by atoms with Gasteiger partial charge in [0.05, 0.1) is 13.7 Å². The number of para-hydroxylation sites is 1. The second kappa shape index (κ2) is 9.99. The van der Waals surface area contributed by atoms with Crippen molar-refractivity contribution >= 4 is 12.0 Å². The van der Waals surface area contributed by atoms with Gasteiger partial charge in [-0.2, -0.15) is 8.78 Å². The van der Waals surface area contributed by atoms with Crippen molar-refractivity contribution < 1.29 is 27.8 Å². The van der Waals surface area contributed by atoms with E-state index in [4.69, 9.17) is 9.47 Å². The molecule has 0 radical (unpaired) electrons. The molecule has 2 aromatic carbocycles. The zero-order valence-corrected chi connectivity index (χ0v) is 17.9. The number of halogens is 2. The minimum absolute atomic E-state index is 0.0846. The minimum Gasteiger partial charge on any atom is -0.493 e. The van der Waals surface area contributed by atoms with E-state index >= 15 is 0 Å². The van der Waals surface area contributed by atoms with Crippen molar-refractivity contribution in [3.05, 3.63) is 59.2 Å². The van der Waals surface area contributed by atoms with Crippen molar-refractivity contribution in [1.29, 1.82) is 0 Å². The van der Waals surface area contributed by atoms with Crippen molar-refractivity contribution in [2.45, 2.75) is 19.6 Å². The zero-order valence-electron chi connectivity index (χ0n) is 17.9. The molecule has 6 nitrogen and oxygen atoms in total. The van der Waals surface area contributed by atoms with Gasteiger partial charge in [-0.1, -0.05) is 24.3 Å². The number of benzene rings is 2. The summed E-state index contributed by atoms with van der Waals surface area (Å²) < 4.78 is 40.8. The van der Waals surface area contributed by atoms with Crippen LogP contribution in [0.3, 0.4) is 0 Å². The van der Waals surface area contributed by atoms with Crippen molar-refractivity contribution in [2.24, 2.45) is 0 Å². The number of amides is 1. The SMILES string of the molecule is COc1cccc(/C=C/C(=O)N2CCN(Cc3ccc4c(c3)CCO4)CC2)c1OC(F)F. The van der Waals surface area contributed by atoms with E-state index in [9.17, 15) is 13.6 Å². The van der Waals surface area contributed by atoms with Crippen molar-refractivity contribution in [3.8, 4) is 17.2 Å². The Morgan fingerprint density at radius 3 is 2.75 bits per heavy atom. The van der Waals surface area contributed by atoms with E-state index in [0.29, 0.717) is 18.7 Å². The second-order valence-electron chi connectivity index (χ2n) is 7.73. The number of carbonyl (C=O) groups is 1. The molecule has 1 saturated heterocycles. The summed E-state index contributed by atoms with van der Waals surface area (Å²) in [7, 11) is 1.38. The third kappa shape index (κ3) is 5.19. The smallest absolute Gasteiger partial charge is 0.387 e. The highest BCUT2D eigenvalue weighted by atomic mass is 19.3. The average Bonchev–Trinajstić information content (AvgIpc) is 3.26. The normalized spacial score (nSPS) is 16.3. The van der Waals surface area contributed by atoms with Crippen LogP contribution < -0.4 is 14.2 Å². The average molecular weight is 444 g/mol. The van der Waals surface area contributed by atoms with Crippen LogP contribution in [-0.4, -0.2) is 62.2 Å². The molecule has 0 aliphatic carbocycles. The number of piperazine rings is 1. The van der Waals surface area contributed by atoms with Crippen molar-refractivity contribution in [1.82, 2.24) is 9.80 Å². The highest BCUT2D eigenvalue weighted by Gasteiger charge is 2.21. The third-order valence-electron chi connectivity index (χ3n) is 5.69. The molecule has 8 heteroatoms. The number of rotatable bonds is 7. The standard InChI is InChI=1S/C24H26F2N2O4/c1-30-21-4-2-3-18(23(21)32-24(25)26)6-8-22(29)28-12-10-27(11-13-28)16-17-5-7-20-19(15-17)9-14-31-20/h2-8,15,24H,9-14,16H2,1H3/b8-6+. The quantitative estimate of drug-likeness (QED) is 0.611. The number of fused-ring (bicyclic) bond motifs is 1. The molecule has 0 aromatic heterocycles. The predicted octanol–water partition coefficient (Wildman–Crippen LogP) is 3.59. The highest BCUT2D eigenvalue weighted by Crippen LogP contribution is 2.33. The largest absolute Gasteiger partial charge is 0.493 e. The van der Waals surface area contributed by atoms with Crippen LogP contribution in [0.1, 0.15) is 16.7 Å². The summed E-state index contributed by atoms with van der Waals surface area (Å²) >= 11 is 0. The van der Waals surface area contributed by atoms with Crippen LogP contribution in [-0.2, 0) is 17.8 Å². The fraction of sp³-hybridized carbons (Fsp3) is 0.375. The monoisotopic (exact) mass is 444 g/mol. The first-order chi connectivity index (χ1) is 15.5. The fourth-order valence-electron chi connectivity index (χ4n) is 4.03. The van der Waals surface area contributed by atoms with Gasteiger partial charge in [0.15, 0.2) is 11.5 Å². The van der Waals surface area contributed by atoms with Gasteiger partial charge < -0.3 is 19.1 Å². The molecule has 1 fully saturated rings. The molecule has 0 bridgehead atoms. The summed E-state index contributed by atoms with van der Waals surface area (Å²) in [5.74, 6) is 0.921. The first kappa shape index (κ1) is 22.1. The Hall–Kier alpha value is -3.13. The molecular formula is C24H26F2N2O4. The van der Waals surface area contributed by atoms with E-state index in [2.05, 4.69) is 21.8 Å². The molecule has 2 aromatic rings. The van der Waals surface area contributed by atoms with Gasteiger partial charge in [0.1, 0.15) is 5.75 Å². The lowest BCUT2D eigenvalue weighted by atomic mass is 10.1. The molecule has 4 rings (SSSR count). The Kier molecular flexibility index (Phi) is 6.90. The molecule has 0 spiro atoms. The first-order valence-electron chi connectivity index (χ1n) is 10.6. The maximum absolute atomic E-state index is 12.8. The van der Waals surface area contributed by atoms with Crippen molar-refractivity contribution in [3.63, 3.8) is 0 Å². The molecule has 170 valence electrons. The summed E-state index contributed by atoms with van der Waals surface area (Å²) in [6, 6.07) is 11.1. The summed E-state index contributed by atoms with van der Waals surface area (Å²) in [6.07, 6.45) is 3.83. The summed E-state index contributed by atoms with van der Waals surface area (Å²) in [5, 5.41) is 0. The Labute approximate surface area is 186 Å². The topological polar surface area (TPSA) is 51.2 Å². The van der Waals surface area contributed by atoms with E-state index in [-0.39, 0.29) is 17.4 Å². The molecule has 2 heterocycles. The lowest BCUT2D eigenvalue weighted by Gasteiger charge is -2.34. The highest BCUT2D eigenvalue weighted by molar-refractivity contribution is 5.92. The van der Waals surface area contributed by atoms with E-state index in [0.717, 1.165) is 38.4 Å². The number of carbonyl (C=O) groups excluding carboxylic acids is 1. The van der Waals surface area contributed by atoms with E-state index < -0.39 is 6.61 Å². The van der Waals surface area contributed by atoms with Crippen molar-refractivity contribution in [2.75, 3.05) is 39.9 Å². The van der Waals surface area contributed by atoms with E-state index in [1.165, 1.54) is 36.5 Å². The predicted molar refractivity (Wildman–Crippen MR) is 116 cm³/mol. The first-order valence-corrected chi connectivity index (χ1v) is 10.6. The molecule has 0 atom stereocenters. The van der Waals surface area contributed by atoms with Gasteiger partial charge in [0.2, 0.25) is 5.91 Å². The van der Waals surface area contributed by atoms with Crippen LogP contribution in [0.2, 0.25) is 0 Å². The molecule has 0 unspecified atom stereocenters. The summed E-state index contributed by atoms with van der Waals surface area (Å²) in [4.78, 5) is 16.7. The summed E-state index contributed by atoms with van der Waals surface area (Å²) in [5.41, 5.74) is 2.87. The van der Waals surface area contributed by atoms with Gasteiger partial charge in [-0.15, -0.1) is 0 Å². The number of hydrogen-bond donors (Lipinski definition) is 0. The Morgan fingerprint density at radius 1 is 1.19 bits per heavy atom. The van der Waals surface area contributed by atoms with Gasteiger partial charge in [0, 0.05) is 50.8 Å². The van der Waals surface area contributed by atoms with Crippen LogP contribution >= 0.6 is 0 Å². The van der Waals surface area contributed by atoms with Gasteiger partial charge in [-0.25, -0.2) is 0 Å². The molecule has 0 saturated carbocycles. The Balaban J connectivity index is 1.33. The van der Waals surface area contributed by atoms with Crippen LogP contribution in [0.4, 0.5) is 8.78 Å². The molecule has 0 N–H and O–H groups in total. The van der Waals surface area contributed by atoms with Crippen LogP contribution in [0, 0.1) is 0 Å². The molecule has 32 heavy (non-hydrogen) atoms. The number of nitrogens with zero attached hydrogens (tertiary/aromatic N) is 2. The Bertz CT molecular complexity index is 988. The van der Waals surface area contributed by atoms with Crippen LogP contribution in [0.5, 0.6) is 17.2 Å². The lowest BCUT2D eigenvalue weighted by molar-refractivity contribution is -0.127. The number of methoxy groups -OCH3 is 1. The molecule has 1 amide bonds. The fourth-order valence-corrected chi connectivity index (χ4v) is 4.03. The summed E-state index contributed by atoms with van der Waals surface area (Å²) in [6.45, 7) is 1.35. The molecule has 2 aliphatic rings. The van der Waals surface area contributed by atoms with Gasteiger partial charge in [-0.05, 0) is 29.3 Å². The Morgan fingerprint density at radius 2 is 2.00 bits per heavy atom. The van der Waals surface area contributed by atoms with E-state index in [1.807, 2.05) is 6.07 Å². The van der Waals surface area contributed by atoms with Gasteiger partial charge in [0.25, 0.3) is 0 Å². The van der Waals surface area contributed by atoms with E-state index in [1.54, 1.807) is 17.0 Å². The third-order valence-corrected chi connectivity index (χ3v) is 5.69. The maximum Gasteiger partial charge on any atom is 0.387 e. The van der Waals surface area contributed by atoms with Crippen LogP contribution in [0.25, 0.3) is 6.08 Å². The minimum atomic E-state index is -2.99. The number of alkyl halides is 2. The lowest BCUT2D eigenvalue weighted by Crippen LogP contribution is -2.47.